The fourth-order valence-electron chi connectivity index (χ4n) is 2.61. The second-order valence-electron chi connectivity index (χ2n) is 5.50. The molecule has 0 saturated carbocycles. The highest BCUT2D eigenvalue weighted by molar-refractivity contribution is 5.60. The largest absolute Gasteiger partial charge is 0.268 e. The summed E-state index contributed by atoms with van der Waals surface area (Å²) in [5.74, 6) is 7.72. The summed E-state index contributed by atoms with van der Waals surface area (Å²) in [4.78, 5) is 0. The molecule has 25 heavy (non-hydrogen) atoms. The maximum atomic E-state index is 4.39. The van der Waals surface area contributed by atoms with Gasteiger partial charge in [-0.25, -0.2) is 0 Å². The lowest BCUT2D eigenvalue weighted by Crippen LogP contribution is -2.00. The second kappa shape index (κ2) is 6.86. The van der Waals surface area contributed by atoms with Gasteiger partial charge >= 0.3 is 0 Å². The third kappa shape index (κ3) is 3.19. The number of nitrogens with zero attached hydrogens (tertiary/aromatic N) is 3. The van der Waals surface area contributed by atoms with E-state index in [0.717, 1.165) is 22.6 Å². The average molecular weight is 321 g/mol. The molecular weight excluding hydrogens is 306 g/mol. The Bertz CT molecular complexity index is 1020. The minimum absolute atomic E-state index is 0.619. The van der Waals surface area contributed by atoms with Crippen LogP contribution in [-0.4, -0.2) is 14.8 Å². The molecule has 1 aromatic heterocycles. The van der Waals surface area contributed by atoms with Gasteiger partial charge in [-0.15, -0.1) is 10.2 Å². The summed E-state index contributed by atoms with van der Waals surface area (Å²) < 4.78 is 1.99. The van der Waals surface area contributed by atoms with Crippen LogP contribution in [0.1, 0.15) is 11.4 Å². The van der Waals surface area contributed by atoms with E-state index in [1.54, 1.807) is 0 Å². The topological polar surface area (TPSA) is 30.7 Å². The van der Waals surface area contributed by atoms with Crippen LogP contribution in [0.25, 0.3) is 17.1 Å². The Morgan fingerprint density at radius 2 is 1.20 bits per heavy atom. The molecular formula is C22H15N3. The molecule has 4 aromatic rings. The Morgan fingerprint density at radius 1 is 0.600 bits per heavy atom. The molecule has 0 unspecified atom stereocenters. The van der Waals surface area contributed by atoms with E-state index in [-0.39, 0.29) is 0 Å². The molecule has 3 heteroatoms. The minimum Gasteiger partial charge on any atom is -0.268 e. The Kier molecular flexibility index (Phi) is 4.09. The van der Waals surface area contributed by atoms with E-state index >= 15 is 0 Å². The van der Waals surface area contributed by atoms with E-state index in [2.05, 4.69) is 22.0 Å². The number of benzene rings is 3. The maximum absolute atomic E-state index is 4.39. The third-order valence-electron chi connectivity index (χ3n) is 3.80. The zero-order chi connectivity index (χ0) is 16.9. The summed E-state index contributed by atoms with van der Waals surface area (Å²) in [6, 6.07) is 30.0. The van der Waals surface area contributed by atoms with Crippen molar-refractivity contribution in [3.63, 3.8) is 0 Å². The van der Waals surface area contributed by atoms with E-state index in [9.17, 15) is 0 Å². The lowest BCUT2D eigenvalue weighted by Gasteiger charge is -2.07. The smallest absolute Gasteiger partial charge is 0.213 e. The summed E-state index contributed by atoms with van der Waals surface area (Å²) in [6.45, 7) is 0. The normalized spacial score (nSPS) is 10.1. The van der Waals surface area contributed by atoms with Crippen molar-refractivity contribution in [2.75, 3.05) is 0 Å². The highest BCUT2D eigenvalue weighted by Gasteiger charge is 2.13. The molecule has 0 bridgehead atoms. The molecule has 1 heterocycles. The minimum atomic E-state index is 0.619. The Balaban J connectivity index is 1.86. The van der Waals surface area contributed by atoms with E-state index in [1.165, 1.54) is 0 Å². The van der Waals surface area contributed by atoms with Gasteiger partial charge in [-0.2, -0.15) is 0 Å². The van der Waals surface area contributed by atoms with Crippen molar-refractivity contribution in [2.45, 2.75) is 0 Å². The van der Waals surface area contributed by atoms with Gasteiger partial charge in [0.25, 0.3) is 0 Å². The summed E-state index contributed by atoms with van der Waals surface area (Å²) >= 11 is 0. The molecule has 3 aromatic carbocycles. The molecule has 0 radical (unpaired) electrons. The molecule has 0 aliphatic carbocycles. The van der Waals surface area contributed by atoms with Crippen LogP contribution in [0.3, 0.4) is 0 Å². The number of hydrogen-bond donors (Lipinski definition) is 0. The van der Waals surface area contributed by atoms with Crippen molar-refractivity contribution in [3.8, 4) is 28.9 Å². The number of rotatable bonds is 2. The molecule has 0 aliphatic rings. The molecule has 118 valence electrons. The fourth-order valence-corrected chi connectivity index (χ4v) is 2.61. The first kappa shape index (κ1) is 14.9. The highest BCUT2D eigenvalue weighted by Crippen LogP contribution is 2.22. The SMILES string of the molecule is C(#Cc1nnc(-c2ccccc2)n1-c1ccccc1)c1ccccc1. The molecule has 0 saturated heterocycles. The van der Waals surface area contributed by atoms with E-state index in [1.807, 2.05) is 95.6 Å². The van der Waals surface area contributed by atoms with Crippen molar-refractivity contribution < 1.29 is 0 Å². The van der Waals surface area contributed by atoms with Gasteiger partial charge < -0.3 is 0 Å². The van der Waals surface area contributed by atoms with E-state index < -0.39 is 0 Å². The van der Waals surface area contributed by atoms with E-state index in [4.69, 9.17) is 0 Å². The van der Waals surface area contributed by atoms with E-state index in [0.29, 0.717) is 5.82 Å². The van der Waals surface area contributed by atoms with Gasteiger partial charge in [-0.05, 0) is 30.2 Å². The molecule has 0 aliphatic heterocycles. The van der Waals surface area contributed by atoms with Crippen molar-refractivity contribution in [2.24, 2.45) is 0 Å². The lowest BCUT2D eigenvalue weighted by molar-refractivity contribution is 1.03. The highest BCUT2D eigenvalue weighted by atomic mass is 15.3. The van der Waals surface area contributed by atoms with Crippen molar-refractivity contribution >= 4 is 0 Å². The first-order valence-corrected chi connectivity index (χ1v) is 8.05. The van der Waals surface area contributed by atoms with Crippen LogP contribution >= 0.6 is 0 Å². The first-order valence-electron chi connectivity index (χ1n) is 8.05. The zero-order valence-corrected chi connectivity index (χ0v) is 13.5. The number of para-hydroxylation sites is 1. The Labute approximate surface area is 146 Å². The molecule has 0 amide bonds. The average Bonchev–Trinajstić information content (AvgIpc) is 3.12. The number of aromatic nitrogens is 3. The quantitative estimate of drug-likeness (QED) is 0.514. The van der Waals surface area contributed by atoms with Crippen LogP contribution in [0.15, 0.2) is 91.0 Å². The fraction of sp³-hybridized carbons (Fsp3) is 0. The van der Waals surface area contributed by atoms with Crippen LogP contribution in [0.5, 0.6) is 0 Å². The van der Waals surface area contributed by atoms with Gasteiger partial charge in [-0.3, -0.25) is 4.57 Å². The number of hydrogen-bond acceptors (Lipinski definition) is 2. The standard InChI is InChI=1S/C22H15N3/c1-4-10-18(11-5-1)16-17-21-23-24-22(19-12-6-2-7-13-19)25(21)20-14-8-3-9-15-20/h1-15H. The van der Waals surface area contributed by atoms with Crippen LogP contribution in [-0.2, 0) is 0 Å². The molecule has 0 atom stereocenters. The molecule has 0 N–H and O–H groups in total. The van der Waals surface area contributed by atoms with Crippen molar-refractivity contribution in [1.82, 2.24) is 14.8 Å². The Hall–Kier alpha value is -3.64. The van der Waals surface area contributed by atoms with Crippen LogP contribution in [0, 0.1) is 11.8 Å². The van der Waals surface area contributed by atoms with Gasteiger partial charge in [0, 0.05) is 16.8 Å². The third-order valence-corrected chi connectivity index (χ3v) is 3.80. The molecule has 4 rings (SSSR count). The second-order valence-corrected chi connectivity index (χ2v) is 5.50. The lowest BCUT2D eigenvalue weighted by atomic mass is 10.2. The van der Waals surface area contributed by atoms with Crippen LogP contribution in [0.2, 0.25) is 0 Å². The van der Waals surface area contributed by atoms with Gasteiger partial charge in [0.15, 0.2) is 5.82 Å². The Morgan fingerprint density at radius 3 is 1.88 bits per heavy atom. The predicted molar refractivity (Wildman–Crippen MR) is 99.2 cm³/mol. The first-order chi connectivity index (χ1) is 12.4. The summed E-state index contributed by atoms with van der Waals surface area (Å²) in [6.07, 6.45) is 0. The van der Waals surface area contributed by atoms with Gasteiger partial charge in [0.05, 0.1) is 0 Å². The predicted octanol–water partition coefficient (Wildman–Crippen LogP) is 4.33. The summed E-state index contributed by atoms with van der Waals surface area (Å²) in [7, 11) is 0. The van der Waals surface area contributed by atoms with Gasteiger partial charge in [0.1, 0.15) is 0 Å². The maximum Gasteiger partial charge on any atom is 0.213 e. The molecule has 0 fully saturated rings. The summed E-state index contributed by atoms with van der Waals surface area (Å²) in [5.41, 5.74) is 2.95. The van der Waals surface area contributed by atoms with Crippen molar-refractivity contribution in [3.05, 3.63) is 102 Å². The monoisotopic (exact) mass is 321 g/mol. The summed E-state index contributed by atoms with van der Waals surface area (Å²) in [5, 5.41) is 8.71. The zero-order valence-electron chi connectivity index (χ0n) is 13.5. The van der Waals surface area contributed by atoms with Crippen LogP contribution in [0.4, 0.5) is 0 Å². The van der Waals surface area contributed by atoms with Crippen molar-refractivity contribution in [1.29, 1.82) is 0 Å². The van der Waals surface area contributed by atoms with Crippen LogP contribution < -0.4 is 0 Å². The van der Waals surface area contributed by atoms with Gasteiger partial charge in [-0.1, -0.05) is 72.7 Å². The molecule has 0 spiro atoms. The van der Waals surface area contributed by atoms with Gasteiger partial charge in [0.2, 0.25) is 5.82 Å². The molecule has 3 nitrogen and oxygen atoms in total.